The zero-order valence-electron chi connectivity index (χ0n) is 25.8. The molecule has 3 aromatic rings. The van der Waals surface area contributed by atoms with E-state index in [9.17, 15) is 41.0 Å². The van der Waals surface area contributed by atoms with Crippen molar-refractivity contribution in [2.45, 2.75) is 63.0 Å². The number of rotatable bonds is 10. The number of hydrogen-bond donors (Lipinski definition) is 2. The second-order valence-electron chi connectivity index (χ2n) is 11.6. The van der Waals surface area contributed by atoms with Gasteiger partial charge in [0.2, 0.25) is 5.95 Å². The summed E-state index contributed by atoms with van der Waals surface area (Å²) in [5.74, 6) is 0.171. The molecule has 1 aromatic carbocycles. The Labute approximate surface area is 270 Å². The maximum Gasteiger partial charge on any atom is 0.423 e. The molecule has 0 radical (unpaired) electrons. The number of aliphatic hydroxyl groups is 1. The number of benzene rings is 1. The van der Waals surface area contributed by atoms with E-state index < -0.39 is 64.9 Å². The van der Waals surface area contributed by atoms with Crippen molar-refractivity contribution < 1.29 is 45.7 Å². The van der Waals surface area contributed by atoms with Gasteiger partial charge in [0.05, 0.1) is 49.9 Å². The maximum atomic E-state index is 14.0. The van der Waals surface area contributed by atoms with E-state index in [0.717, 1.165) is 10.9 Å². The fourth-order valence-electron chi connectivity index (χ4n) is 5.71. The molecule has 0 spiro atoms. The summed E-state index contributed by atoms with van der Waals surface area (Å²) in [5.41, 5.74) is -3.72. The normalized spacial score (nSPS) is 21.0. The molecule has 0 saturated carbocycles. The van der Waals surface area contributed by atoms with Crippen molar-refractivity contribution in [1.82, 2.24) is 24.6 Å². The number of β-amino-alcohol motifs (C(OH)–C–C–N with tert-alkyl or cyclic N) is 1. The van der Waals surface area contributed by atoms with Gasteiger partial charge in [0, 0.05) is 44.5 Å². The van der Waals surface area contributed by atoms with Gasteiger partial charge in [-0.3, -0.25) is 9.59 Å². The van der Waals surface area contributed by atoms with Crippen LogP contribution in [0.3, 0.4) is 0 Å². The molecular formula is C30H33F6N7O5. The Bertz CT molecular complexity index is 1640. The van der Waals surface area contributed by atoms with Crippen LogP contribution in [0.1, 0.15) is 36.5 Å². The van der Waals surface area contributed by atoms with Gasteiger partial charge in [0.25, 0.3) is 11.5 Å². The molecule has 2 N–H and O–H groups in total. The van der Waals surface area contributed by atoms with Gasteiger partial charge >= 0.3 is 12.4 Å². The Morgan fingerprint density at radius 1 is 1.00 bits per heavy atom. The predicted molar refractivity (Wildman–Crippen MR) is 158 cm³/mol. The van der Waals surface area contributed by atoms with Crippen LogP contribution in [-0.4, -0.2) is 93.3 Å². The van der Waals surface area contributed by atoms with Crippen LogP contribution in [0.25, 0.3) is 0 Å². The first-order valence-electron chi connectivity index (χ1n) is 15.0. The maximum absolute atomic E-state index is 14.0. The number of anilines is 2. The Morgan fingerprint density at radius 2 is 1.69 bits per heavy atom. The average molecular weight is 686 g/mol. The SMILES string of the molecule is COc1ccc(Cn2ncc(NC(C)CO[C@@H]3CCN([C@@H]4CCN(c5ncc(C(F)(F)F)cn5)C[C@H]4O)C3=O)c(C(F)(F)F)c2=O)cc1. The Kier molecular flexibility index (Phi) is 10.1. The lowest BCUT2D eigenvalue weighted by Crippen LogP contribution is -2.55. The topological polar surface area (TPSA) is 135 Å². The molecule has 4 heterocycles. The monoisotopic (exact) mass is 685 g/mol. The molecule has 0 bridgehead atoms. The number of ether oxygens (including phenoxy) is 2. The number of carbonyl (C=O) groups is 1. The number of carbonyl (C=O) groups excluding carboxylic acids is 1. The highest BCUT2D eigenvalue weighted by atomic mass is 19.4. The zero-order chi connectivity index (χ0) is 34.8. The van der Waals surface area contributed by atoms with Crippen LogP contribution >= 0.6 is 0 Å². The van der Waals surface area contributed by atoms with Gasteiger partial charge in [-0.05, 0) is 31.0 Å². The lowest BCUT2D eigenvalue weighted by Gasteiger charge is -2.40. The molecule has 2 aliphatic heterocycles. The number of nitrogens with zero attached hydrogens (tertiary/aromatic N) is 6. The van der Waals surface area contributed by atoms with Crippen LogP contribution in [0.15, 0.2) is 47.7 Å². The van der Waals surface area contributed by atoms with E-state index in [4.69, 9.17) is 9.47 Å². The third kappa shape index (κ3) is 7.81. The molecule has 1 unspecified atom stereocenters. The predicted octanol–water partition coefficient (Wildman–Crippen LogP) is 3.19. The summed E-state index contributed by atoms with van der Waals surface area (Å²) in [6.45, 7) is 1.68. The molecule has 12 nitrogen and oxygen atoms in total. The lowest BCUT2D eigenvalue weighted by molar-refractivity contribution is -0.141. The molecule has 1 amide bonds. The van der Waals surface area contributed by atoms with Crippen LogP contribution in [0, 0.1) is 0 Å². The number of nitrogens with one attached hydrogen (secondary N) is 1. The Hall–Kier alpha value is -4.45. The van der Waals surface area contributed by atoms with Crippen molar-refractivity contribution in [2.75, 3.05) is 43.6 Å². The Morgan fingerprint density at radius 3 is 2.29 bits per heavy atom. The standard InChI is InChI=1S/C30H33F6N7O5/c1-17(40-21-13-39-43(27(46)25(21)30(34,35)36)14-18-3-5-20(47-2)6-4-18)16-48-24-8-10-42(26(24)45)22-7-9-41(15-23(22)44)28-37-11-19(12-38-28)29(31,32)33/h3-6,11-13,17,22-24,40,44H,7-10,14-16H2,1-2H3/t17?,22-,23-,24-/m1/s1. The number of methoxy groups -OCH3 is 1. The number of halogens is 6. The number of alkyl halides is 6. The van der Waals surface area contributed by atoms with Gasteiger partial charge in [-0.2, -0.15) is 31.4 Å². The minimum atomic E-state index is -4.98. The van der Waals surface area contributed by atoms with E-state index in [1.54, 1.807) is 24.3 Å². The highest BCUT2D eigenvalue weighted by Crippen LogP contribution is 2.33. The van der Waals surface area contributed by atoms with Gasteiger partial charge in [0.1, 0.15) is 17.4 Å². The molecule has 2 fully saturated rings. The molecule has 4 atom stereocenters. The minimum Gasteiger partial charge on any atom is -0.497 e. The van der Waals surface area contributed by atoms with Crippen LogP contribution in [0.5, 0.6) is 5.75 Å². The molecule has 18 heteroatoms. The second-order valence-corrected chi connectivity index (χ2v) is 11.6. The number of aliphatic hydroxyl groups excluding tert-OH is 1. The van der Waals surface area contributed by atoms with Crippen molar-refractivity contribution >= 4 is 17.5 Å². The highest BCUT2D eigenvalue weighted by molar-refractivity contribution is 5.83. The van der Waals surface area contributed by atoms with Crippen molar-refractivity contribution in [3.8, 4) is 5.75 Å². The highest BCUT2D eigenvalue weighted by Gasteiger charge is 2.42. The van der Waals surface area contributed by atoms with Crippen molar-refractivity contribution in [2.24, 2.45) is 0 Å². The van der Waals surface area contributed by atoms with Gasteiger partial charge in [-0.25, -0.2) is 14.6 Å². The smallest absolute Gasteiger partial charge is 0.423 e. The quantitative estimate of drug-likeness (QED) is 0.307. The third-order valence-corrected chi connectivity index (χ3v) is 8.15. The van der Waals surface area contributed by atoms with E-state index in [1.165, 1.54) is 23.8 Å². The van der Waals surface area contributed by atoms with E-state index in [-0.39, 0.29) is 45.2 Å². The van der Waals surface area contributed by atoms with E-state index in [1.807, 2.05) is 0 Å². The summed E-state index contributed by atoms with van der Waals surface area (Å²) in [7, 11) is 1.47. The molecule has 48 heavy (non-hydrogen) atoms. The van der Waals surface area contributed by atoms with Crippen molar-refractivity contribution in [3.05, 3.63) is 69.9 Å². The first kappa shape index (κ1) is 34.9. The van der Waals surface area contributed by atoms with Crippen LogP contribution in [0.4, 0.5) is 38.0 Å². The van der Waals surface area contributed by atoms with Crippen LogP contribution in [-0.2, 0) is 28.4 Å². The van der Waals surface area contributed by atoms with E-state index in [0.29, 0.717) is 30.1 Å². The van der Waals surface area contributed by atoms with Gasteiger partial charge in [-0.1, -0.05) is 12.1 Å². The first-order valence-corrected chi connectivity index (χ1v) is 15.0. The molecule has 2 aromatic heterocycles. The summed E-state index contributed by atoms with van der Waals surface area (Å²) in [4.78, 5) is 36.6. The summed E-state index contributed by atoms with van der Waals surface area (Å²) in [6.07, 6.45) is -8.69. The van der Waals surface area contributed by atoms with Crippen LogP contribution in [0.2, 0.25) is 0 Å². The summed E-state index contributed by atoms with van der Waals surface area (Å²) < 4.78 is 92.2. The molecular weight excluding hydrogens is 652 g/mol. The number of aromatic nitrogens is 4. The molecule has 5 rings (SSSR count). The molecule has 0 aliphatic carbocycles. The van der Waals surface area contributed by atoms with Gasteiger partial charge in [-0.15, -0.1) is 0 Å². The Balaban J connectivity index is 1.16. The number of amides is 1. The minimum absolute atomic E-state index is 0.0132. The second kappa shape index (κ2) is 14.0. The molecule has 2 saturated heterocycles. The summed E-state index contributed by atoms with van der Waals surface area (Å²) in [6, 6.07) is 5.10. The van der Waals surface area contributed by atoms with Crippen molar-refractivity contribution in [3.63, 3.8) is 0 Å². The fraction of sp³-hybridized carbons (Fsp3) is 0.500. The molecule has 260 valence electrons. The van der Waals surface area contributed by atoms with E-state index in [2.05, 4.69) is 20.4 Å². The largest absolute Gasteiger partial charge is 0.497 e. The van der Waals surface area contributed by atoms with Crippen molar-refractivity contribution in [1.29, 1.82) is 0 Å². The lowest BCUT2D eigenvalue weighted by atomic mass is 10.0. The summed E-state index contributed by atoms with van der Waals surface area (Å²) in [5, 5.41) is 17.4. The number of likely N-dealkylation sites (tertiary alicyclic amines) is 1. The van der Waals surface area contributed by atoms with Gasteiger partial charge < -0.3 is 29.7 Å². The van der Waals surface area contributed by atoms with Crippen LogP contribution < -0.4 is 20.5 Å². The first-order chi connectivity index (χ1) is 22.7. The fourth-order valence-corrected chi connectivity index (χ4v) is 5.71. The zero-order valence-corrected chi connectivity index (χ0v) is 25.8. The number of hydrogen-bond acceptors (Lipinski definition) is 10. The number of piperidine rings is 1. The average Bonchev–Trinajstić information content (AvgIpc) is 3.40. The third-order valence-electron chi connectivity index (χ3n) is 8.15. The van der Waals surface area contributed by atoms with Gasteiger partial charge in [0.15, 0.2) is 0 Å². The molecule has 2 aliphatic rings. The summed E-state index contributed by atoms with van der Waals surface area (Å²) >= 11 is 0. The van der Waals surface area contributed by atoms with E-state index >= 15 is 0 Å².